The number of hydrogen-bond acceptors (Lipinski definition) is 2. The van der Waals surface area contributed by atoms with Gasteiger partial charge in [-0.1, -0.05) is 55.0 Å². The van der Waals surface area contributed by atoms with Crippen LogP contribution in [0.4, 0.5) is 0 Å². The Hall–Kier alpha value is -1.64. The normalized spacial score (nSPS) is 28.2. The Morgan fingerprint density at radius 2 is 1.86 bits per heavy atom. The topological polar surface area (TPSA) is 46.2 Å². The lowest BCUT2D eigenvalue weighted by atomic mass is 9.78. The van der Waals surface area contributed by atoms with Crippen molar-refractivity contribution < 1.29 is 5.11 Å². The fraction of sp³-hybridized carbons (Fsp3) is 0.368. The van der Waals surface area contributed by atoms with E-state index in [1.54, 1.807) is 0 Å². The maximum absolute atomic E-state index is 11.3. The van der Waals surface area contributed by atoms with Crippen LogP contribution in [0.1, 0.15) is 59.9 Å². The van der Waals surface area contributed by atoms with E-state index >= 15 is 0 Å². The second kappa shape index (κ2) is 4.69. The van der Waals surface area contributed by atoms with Crippen LogP contribution in [0.15, 0.2) is 48.5 Å². The molecule has 1 fully saturated rings. The molecule has 0 bridgehead atoms. The summed E-state index contributed by atoms with van der Waals surface area (Å²) in [5.74, 6) is 0.680. The third kappa shape index (κ3) is 1.94. The molecular weight excluding hydrogens is 258 g/mol. The zero-order valence-electron chi connectivity index (χ0n) is 12.1. The number of hydrogen-bond donors (Lipinski definition) is 2. The summed E-state index contributed by atoms with van der Waals surface area (Å²) >= 11 is 0. The molecule has 2 heteroatoms. The highest BCUT2D eigenvalue weighted by molar-refractivity contribution is 5.48. The van der Waals surface area contributed by atoms with E-state index in [0.29, 0.717) is 12.3 Å². The average Bonchev–Trinajstić information content (AvgIpc) is 2.71. The van der Waals surface area contributed by atoms with Gasteiger partial charge >= 0.3 is 0 Å². The van der Waals surface area contributed by atoms with E-state index in [-0.39, 0.29) is 6.04 Å². The van der Waals surface area contributed by atoms with Crippen molar-refractivity contribution in [3.05, 3.63) is 70.8 Å². The van der Waals surface area contributed by atoms with E-state index in [1.807, 2.05) is 30.3 Å². The molecule has 0 radical (unpaired) electrons. The van der Waals surface area contributed by atoms with Crippen LogP contribution in [0.3, 0.4) is 0 Å². The fourth-order valence-electron chi connectivity index (χ4n) is 3.80. The van der Waals surface area contributed by atoms with Crippen LogP contribution in [0.25, 0.3) is 0 Å². The van der Waals surface area contributed by atoms with Gasteiger partial charge in [0.15, 0.2) is 0 Å². The third-order valence-corrected chi connectivity index (χ3v) is 5.26. The molecule has 4 rings (SSSR count). The van der Waals surface area contributed by atoms with E-state index in [0.717, 1.165) is 16.7 Å². The largest absolute Gasteiger partial charge is 0.380 e. The van der Waals surface area contributed by atoms with Crippen molar-refractivity contribution in [2.24, 2.45) is 5.73 Å². The molecule has 108 valence electrons. The monoisotopic (exact) mass is 279 g/mol. The summed E-state index contributed by atoms with van der Waals surface area (Å²) in [7, 11) is 0. The summed E-state index contributed by atoms with van der Waals surface area (Å²) in [6.07, 6.45) is 4.45. The van der Waals surface area contributed by atoms with Gasteiger partial charge in [-0.25, -0.2) is 0 Å². The SMILES string of the molecule is NC1CC(O)(c2cccc(C3CCC3)c2)c2ccccc21. The molecule has 2 aliphatic carbocycles. The van der Waals surface area contributed by atoms with Crippen molar-refractivity contribution in [3.63, 3.8) is 0 Å². The Balaban J connectivity index is 1.79. The van der Waals surface area contributed by atoms with Crippen LogP contribution in [0.5, 0.6) is 0 Å². The van der Waals surface area contributed by atoms with E-state index in [1.165, 1.54) is 24.8 Å². The second-order valence-electron chi connectivity index (χ2n) is 6.51. The first kappa shape index (κ1) is 13.1. The summed E-state index contributed by atoms with van der Waals surface area (Å²) < 4.78 is 0. The van der Waals surface area contributed by atoms with E-state index in [2.05, 4.69) is 18.2 Å². The van der Waals surface area contributed by atoms with Crippen molar-refractivity contribution in [1.29, 1.82) is 0 Å². The van der Waals surface area contributed by atoms with Gasteiger partial charge in [-0.05, 0) is 41.0 Å². The zero-order valence-corrected chi connectivity index (χ0v) is 12.1. The molecular formula is C19H21NO. The summed E-state index contributed by atoms with van der Waals surface area (Å²) in [6, 6.07) is 16.4. The highest BCUT2D eigenvalue weighted by Gasteiger charge is 2.42. The Kier molecular flexibility index (Phi) is 2.91. The maximum atomic E-state index is 11.3. The van der Waals surface area contributed by atoms with E-state index < -0.39 is 5.60 Å². The minimum absolute atomic E-state index is 0.0847. The second-order valence-corrected chi connectivity index (χ2v) is 6.51. The Morgan fingerprint density at radius 1 is 1.05 bits per heavy atom. The van der Waals surface area contributed by atoms with Gasteiger partial charge in [0.2, 0.25) is 0 Å². The lowest BCUT2D eigenvalue weighted by molar-refractivity contribution is 0.0775. The van der Waals surface area contributed by atoms with Gasteiger partial charge in [-0.2, -0.15) is 0 Å². The number of aliphatic hydroxyl groups is 1. The van der Waals surface area contributed by atoms with Crippen molar-refractivity contribution in [2.75, 3.05) is 0 Å². The Bertz CT molecular complexity index is 677. The quantitative estimate of drug-likeness (QED) is 0.882. The lowest BCUT2D eigenvalue weighted by Crippen LogP contribution is -2.25. The fourth-order valence-corrected chi connectivity index (χ4v) is 3.80. The lowest BCUT2D eigenvalue weighted by Gasteiger charge is -2.29. The molecule has 0 aliphatic heterocycles. The van der Waals surface area contributed by atoms with Crippen LogP contribution < -0.4 is 5.73 Å². The number of fused-ring (bicyclic) bond motifs is 1. The molecule has 0 amide bonds. The molecule has 0 spiro atoms. The molecule has 2 nitrogen and oxygen atoms in total. The molecule has 2 aromatic carbocycles. The summed E-state index contributed by atoms with van der Waals surface area (Å²) in [5, 5.41) is 11.3. The van der Waals surface area contributed by atoms with Crippen LogP contribution in [-0.4, -0.2) is 5.11 Å². The highest BCUT2D eigenvalue weighted by Crippen LogP contribution is 2.47. The van der Waals surface area contributed by atoms with Crippen molar-refractivity contribution in [3.8, 4) is 0 Å². The molecule has 2 unspecified atom stereocenters. The van der Waals surface area contributed by atoms with Crippen molar-refractivity contribution in [1.82, 2.24) is 0 Å². The molecule has 0 heterocycles. The summed E-state index contributed by atoms with van der Waals surface area (Å²) in [4.78, 5) is 0. The number of nitrogens with two attached hydrogens (primary N) is 1. The van der Waals surface area contributed by atoms with E-state index in [4.69, 9.17) is 5.73 Å². The Morgan fingerprint density at radius 3 is 2.62 bits per heavy atom. The molecule has 1 saturated carbocycles. The van der Waals surface area contributed by atoms with Gasteiger partial charge < -0.3 is 10.8 Å². The molecule has 2 aliphatic rings. The maximum Gasteiger partial charge on any atom is 0.117 e. The van der Waals surface area contributed by atoms with Crippen LogP contribution >= 0.6 is 0 Å². The Labute approximate surface area is 125 Å². The van der Waals surface area contributed by atoms with Gasteiger partial charge in [0, 0.05) is 12.5 Å². The number of rotatable bonds is 2. The molecule has 0 aromatic heterocycles. The first-order valence-corrected chi connectivity index (χ1v) is 7.86. The molecule has 0 saturated heterocycles. The van der Waals surface area contributed by atoms with Crippen molar-refractivity contribution in [2.45, 2.75) is 43.2 Å². The minimum atomic E-state index is -0.935. The molecule has 2 atom stereocenters. The number of benzene rings is 2. The van der Waals surface area contributed by atoms with Crippen LogP contribution in [0.2, 0.25) is 0 Å². The van der Waals surface area contributed by atoms with Gasteiger partial charge in [-0.15, -0.1) is 0 Å². The van der Waals surface area contributed by atoms with E-state index in [9.17, 15) is 5.11 Å². The highest BCUT2D eigenvalue weighted by atomic mass is 16.3. The zero-order chi connectivity index (χ0) is 14.4. The molecule has 3 N–H and O–H groups in total. The first-order valence-electron chi connectivity index (χ1n) is 7.86. The van der Waals surface area contributed by atoms with Gasteiger partial charge in [0.25, 0.3) is 0 Å². The predicted molar refractivity (Wildman–Crippen MR) is 84.0 cm³/mol. The standard InChI is InChI=1S/C19H21NO/c20-18-12-19(21,17-10-2-1-9-16(17)18)15-8-4-7-14(11-15)13-5-3-6-13/h1-2,4,7-11,13,18,21H,3,5-6,12,20H2. The molecule has 2 aromatic rings. The van der Waals surface area contributed by atoms with Gasteiger partial charge in [0.05, 0.1) is 0 Å². The average molecular weight is 279 g/mol. The first-order chi connectivity index (χ1) is 10.2. The summed E-state index contributed by atoms with van der Waals surface area (Å²) in [6.45, 7) is 0. The third-order valence-electron chi connectivity index (χ3n) is 5.26. The summed E-state index contributed by atoms with van der Waals surface area (Å²) in [5.41, 5.74) is 9.71. The van der Waals surface area contributed by atoms with Crippen LogP contribution in [0, 0.1) is 0 Å². The smallest absolute Gasteiger partial charge is 0.117 e. The van der Waals surface area contributed by atoms with Gasteiger partial charge in [0.1, 0.15) is 5.60 Å². The van der Waals surface area contributed by atoms with Gasteiger partial charge in [-0.3, -0.25) is 0 Å². The minimum Gasteiger partial charge on any atom is -0.380 e. The predicted octanol–water partition coefficient (Wildman–Crippen LogP) is 3.59. The molecule has 21 heavy (non-hydrogen) atoms. The van der Waals surface area contributed by atoms with Crippen LogP contribution in [-0.2, 0) is 5.60 Å². The van der Waals surface area contributed by atoms with Crippen molar-refractivity contribution >= 4 is 0 Å².